The highest BCUT2D eigenvalue weighted by Crippen LogP contribution is 2.20. The summed E-state index contributed by atoms with van der Waals surface area (Å²) in [5, 5.41) is 11.9. The number of rotatable bonds is 4. The predicted octanol–water partition coefficient (Wildman–Crippen LogP) is 0.705. The van der Waals surface area contributed by atoms with Crippen LogP contribution in [0.2, 0.25) is 0 Å². The van der Waals surface area contributed by atoms with Crippen LogP contribution in [0.15, 0.2) is 29.0 Å². The number of ether oxygens (including phenoxy) is 1. The van der Waals surface area contributed by atoms with Crippen LogP contribution in [0.25, 0.3) is 5.00 Å². The van der Waals surface area contributed by atoms with E-state index < -0.39 is 0 Å². The third-order valence-corrected chi connectivity index (χ3v) is 3.58. The van der Waals surface area contributed by atoms with Gasteiger partial charge in [0.2, 0.25) is 0 Å². The van der Waals surface area contributed by atoms with Crippen molar-refractivity contribution in [1.82, 2.24) is 29.4 Å². The first-order chi connectivity index (χ1) is 10.6. The van der Waals surface area contributed by atoms with Crippen molar-refractivity contribution >= 4 is 11.5 Å². The average Bonchev–Trinajstić information content (AvgIpc) is 3.06. The van der Waals surface area contributed by atoms with E-state index in [0.29, 0.717) is 22.5 Å². The Hall–Kier alpha value is -2.55. The molecule has 0 spiro atoms. The van der Waals surface area contributed by atoms with E-state index in [-0.39, 0.29) is 12.3 Å². The summed E-state index contributed by atoms with van der Waals surface area (Å²) in [6.07, 6.45) is 0. The quantitative estimate of drug-likeness (QED) is 0.705. The van der Waals surface area contributed by atoms with Gasteiger partial charge in [-0.15, -0.1) is 9.78 Å². The highest BCUT2D eigenvalue weighted by atomic mass is 32.1. The second-order valence-electron chi connectivity index (χ2n) is 4.30. The van der Waals surface area contributed by atoms with Crippen LogP contribution in [0, 0.1) is 6.92 Å². The molecule has 0 amide bonds. The van der Waals surface area contributed by atoms with E-state index in [9.17, 15) is 4.79 Å². The average molecular weight is 306 g/mol. The molecular formula is C12H12N6O2S. The molecule has 1 aromatic carbocycles. The summed E-state index contributed by atoms with van der Waals surface area (Å²) in [5.74, 6) is 0.654. The fourth-order valence-electron chi connectivity index (χ4n) is 1.70. The van der Waals surface area contributed by atoms with Crippen LogP contribution in [0.5, 0.6) is 5.75 Å². The molecule has 0 aliphatic carbocycles. The number of nitrogens with zero attached hydrogens (tertiary/aromatic N) is 6. The Morgan fingerprint density at radius 2 is 2.29 bits per heavy atom. The Morgan fingerprint density at radius 3 is 3.00 bits per heavy atom. The third kappa shape index (κ3) is 2.55. The molecule has 0 saturated carbocycles. The van der Waals surface area contributed by atoms with E-state index in [2.05, 4.69) is 20.0 Å². The van der Waals surface area contributed by atoms with Gasteiger partial charge in [-0.25, -0.2) is 4.79 Å². The highest BCUT2D eigenvalue weighted by molar-refractivity contribution is 7.08. The van der Waals surface area contributed by atoms with Crippen molar-refractivity contribution in [1.29, 1.82) is 0 Å². The molecule has 3 aromatic rings. The van der Waals surface area contributed by atoms with E-state index in [0.717, 1.165) is 26.5 Å². The molecule has 3 rings (SSSR count). The molecule has 0 aliphatic heterocycles. The van der Waals surface area contributed by atoms with Crippen LogP contribution in [0.1, 0.15) is 12.6 Å². The number of benzene rings is 1. The molecule has 8 nitrogen and oxygen atoms in total. The molecule has 0 aliphatic rings. The lowest BCUT2D eigenvalue weighted by molar-refractivity contribution is 0.298. The van der Waals surface area contributed by atoms with Crippen LogP contribution >= 0.6 is 11.5 Å². The topological polar surface area (TPSA) is 87.7 Å². The van der Waals surface area contributed by atoms with E-state index >= 15 is 0 Å². The Kier molecular flexibility index (Phi) is 3.17. The fourth-order valence-corrected chi connectivity index (χ4v) is 2.32. The summed E-state index contributed by atoms with van der Waals surface area (Å²) < 4.78 is 19.4. The molecule has 0 fully saturated rings. The lowest BCUT2D eigenvalue weighted by Gasteiger charge is -2.07. The van der Waals surface area contributed by atoms with E-state index in [4.69, 9.17) is 6.11 Å². The summed E-state index contributed by atoms with van der Waals surface area (Å²) in [6, 6.07) is 5.51. The monoisotopic (exact) mass is 306 g/mol. The Labute approximate surface area is 125 Å². The van der Waals surface area contributed by atoms with Gasteiger partial charge in [0.1, 0.15) is 18.1 Å². The number of hydrogen-bond acceptors (Lipinski definition) is 7. The first-order valence-corrected chi connectivity index (χ1v) is 6.84. The van der Waals surface area contributed by atoms with Gasteiger partial charge in [0.25, 0.3) is 0 Å². The molecule has 2 heterocycles. The zero-order valence-electron chi connectivity index (χ0n) is 12.3. The molecule has 108 valence electrons. The van der Waals surface area contributed by atoms with E-state index in [1.807, 2.05) is 6.92 Å². The van der Waals surface area contributed by atoms with Crippen molar-refractivity contribution in [3.05, 3.63) is 46.0 Å². The molecule has 0 bridgehead atoms. The zero-order valence-corrected chi connectivity index (χ0v) is 12.2. The number of para-hydroxylation sites is 1. The zero-order chi connectivity index (χ0) is 15.7. The fraction of sp³-hybridized carbons (Fsp3) is 0.250. The van der Waals surface area contributed by atoms with Crippen molar-refractivity contribution < 1.29 is 6.11 Å². The van der Waals surface area contributed by atoms with Gasteiger partial charge in [-0.1, -0.05) is 22.7 Å². The van der Waals surface area contributed by atoms with Crippen molar-refractivity contribution in [2.45, 2.75) is 13.5 Å². The van der Waals surface area contributed by atoms with Gasteiger partial charge in [-0.05, 0) is 29.0 Å². The predicted molar refractivity (Wildman–Crippen MR) is 75.6 cm³/mol. The minimum absolute atomic E-state index is 0.146. The summed E-state index contributed by atoms with van der Waals surface area (Å²) in [7, 11) is 1.52. The van der Waals surface area contributed by atoms with Crippen molar-refractivity contribution in [3.63, 3.8) is 0 Å². The van der Waals surface area contributed by atoms with Gasteiger partial charge >= 0.3 is 5.69 Å². The summed E-state index contributed by atoms with van der Waals surface area (Å²) >= 11 is 1.05. The van der Waals surface area contributed by atoms with E-state index in [1.54, 1.807) is 18.2 Å². The molecule has 0 saturated heterocycles. The molecule has 0 N–H and O–H groups in total. The SMILES string of the molecule is [3H]c1ccc(OCc2nnsc2-n2nnn(C)c2=O)c(C)c1. The van der Waals surface area contributed by atoms with Gasteiger partial charge in [-0.2, -0.15) is 4.68 Å². The second kappa shape index (κ2) is 5.44. The second-order valence-corrected chi connectivity index (χ2v) is 5.03. The summed E-state index contributed by atoms with van der Waals surface area (Å²) in [4.78, 5) is 11.9. The third-order valence-electron chi connectivity index (χ3n) is 2.83. The van der Waals surface area contributed by atoms with Crippen molar-refractivity contribution in [2.75, 3.05) is 0 Å². The smallest absolute Gasteiger partial charge is 0.369 e. The highest BCUT2D eigenvalue weighted by Gasteiger charge is 2.16. The molecule has 9 heteroatoms. The molecule has 0 radical (unpaired) electrons. The molecule has 21 heavy (non-hydrogen) atoms. The van der Waals surface area contributed by atoms with Crippen LogP contribution in [-0.2, 0) is 13.7 Å². The number of aromatic nitrogens is 6. The number of tetrazole rings is 1. The minimum Gasteiger partial charge on any atom is -0.487 e. The van der Waals surface area contributed by atoms with Crippen molar-refractivity contribution in [2.24, 2.45) is 7.05 Å². The first kappa shape index (κ1) is 12.2. The van der Waals surface area contributed by atoms with Gasteiger partial charge in [0.15, 0.2) is 5.00 Å². The largest absolute Gasteiger partial charge is 0.487 e. The van der Waals surface area contributed by atoms with Gasteiger partial charge in [0, 0.05) is 18.6 Å². The Morgan fingerprint density at radius 1 is 1.43 bits per heavy atom. The standard InChI is InChI=1S/C12H12N6O2S/c1-8-5-3-4-6-10(8)20-7-9-11(21-16-13-9)18-12(19)17(2)14-15-18/h3-6H,7H2,1-2H3/i3T. The number of aryl methyl sites for hydroxylation is 2. The molecule has 2 aromatic heterocycles. The van der Waals surface area contributed by atoms with Gasteiger partial charge < -0.3 is 4.74 Å². The van der Waals surface area contributed by atoms with Crippen LogP contribution in [0.3, 0.4) is 0 Å². The van der Waals surface area contributed by atoms with Gasteiger partial charge in [0.05, 0.1) is 1.37 Å². The summed E-state index contributed by atoms with van der Waals surface area (Å²) in [5.41, 5.74) is 0.984. The maximum atomic E-state index is 11.9. The van der Waals surface area contributed by atoms with Crippen LogP contribution in [-0.4, -0.2) is 29.4 Å². The number of hydrogen-bond donors (Lipinski definition) is 0. The Bertz CT molecular complexity index is 871. The molecular weight excluding hydrogens is 292 g/mol. The Balaban J connectivity index is 1.84. The first-order valence-electron chi connectivity index (χ1n) is 6.57. The van der Waals surface area contributed by atoms with E-state index in [1.165, 1.54) is 7.05 Å². The normalized spacial score (nSPS) is 11.4. The lowest BCUT2D eigenvalue weighted by atomic mass is 10.2. The molecule has 0 atom stereocenters. The lowest BCUT2D eigenvalue weighted by Crippen LogP contribution is -2.22. The maximum Gasteiger partial charge on any atom is 0.369 e. The van der Waals surface area contributed by atoms with Crippen molar-refractivity contribution in [3.8, 4) is 10.8 Å². The van der Waals surface area contributed by atoms with Crippen LogP contribution in [0.4, 0.5) is 0 Å². The van der Waals surface area contributed by atoms with Gasteiger partial charge in [-0.3, -0.25) is 0 Å². The molecule has 0 unspecified atom stereocenters. The summed E-state index contributed by atoms with van der Waals surface area (Å²) in [6.45, 7) is 2.01. The maximum absolute atomic E-state index is 11.9. The minimum atomic E-state index is -0.373. The van der Waals surface area contributed by atoms with Crippen LogP contribution < -0.4 is 10.4 Å².